The smallest absolute Gasteiger partial charge is 0.399 e. The van der Waals surface area contributed by atoms with Gasteiger partial charge in [0.2, 0.25) is 0 Å². The van der Waals surface area contributed by atoms with Crippen LogP contribution in [0.25, 0.3) is 45.3 Å². The van der Waals surface area contributed by atoms with Crippen LogP contribution in [0.15, 0.2) is 127 Å². The Kier molecular flexibility index (Phi) is 8.46. The van der Waals surface area contributed by atoms with Crippen LogP contribution in [0.5, 0.6) is 0 Å². The minimum absolute atomic E-state index is 0.360. The largest absolute Gasteiger partial charge is 0.494 e. The number of aromatic nitrogens is 3. The van der Waals surface area contributed by atoms with Crippen molar-refractivity contribution in [1.29, 1.82) is 0 Å². The first-order valence-corrected chi connectivity index (χ1v) is 16.7. The van der Waals surface area contributed by atoms with E-state index < -0.39 is 24.4 Å². The molecule has 6 nitrogen and oxygen atoms in total. The quantitative estimate of drug-likeness (QED) is 0.181. The Balaban J connectivity index is 1.35. The number of aliphatic hydroxyl groups excluding tert-OH is 1. The molecule has 1 fully saturated rings. The van der Waals surface area contributed by atoms with Gasteiger partial charge in [-0.15, -0.1) is 0 Å². The summed E-state index contributed by atoms with van der Waals surface area (Å²) in [7, 11) is -0.536. The molecule has 1 aromatic heterocycles. The highest BCUT2D eigenvalue weighted by Gasteiger charge is 2.52. The van der Waals surface area contributed by atoms with Crippen molar-refractivity contribution >= 4 is 7.12 Å². The van der Waals surface area contributed by atoms with Crippen molar-refractivity contribution in [2.24, 2.45) is 0 Å². The first kappa shape index (κ1) is 31.9. The lowest BCUT2D eigenvalue weighted by atomic mass is 9.71. The number of benzene rings is 4. The van der Waals surface area contributed by atoms with E-state index in [4.69, 9.17) is 24.3 Å². The third-order valence-corrected chi connectivity index (χ3v) is 9.82. The van der Waals surface area contributed by atoms with E-state index in [-0.39, 0.29) is 5.92 Å². The Labute approximate surface area is 283 Å². The van der Waals surface area contributed by atoms with Crippen LogP contribution in [-0.2, 0) is 15.7 Å². The second-order valence-electron chi connectivity index (χ2n) is 13.5. The zero-order valence-corrected chi connectivity index (χ0v) is 28.1. The summed E-state index contributed by atoms with van der Waals surface area (Å²) in [5.74, 6) is 1.38. The molecule has 1 N–H and O–H groups in total. The summed E-state index contributed by atoms with van der Waals surface area (Å²) >= 11 is 0. The van der Waals surface area contributed by atoms with Gasteiger partial charge >= 0.3 is 7.12 Å². The summed E-state index contributed by atoms with van der Waals surface area (Å²) in [6.07, 6.45) is 5.88. The average molecular weight is 634 g/mol. The van der Waals surface area contributed by atoms with Gasteiger partial charge in [0, 0.05) is 22.6 Å². The second-order valence-corrected chi connectivity index (χ2v) is 13.5. The Bertz CT molecular complexity index is 1970. The lowest BCUT2D eigenvalue weighted by Crippen LogP contribution is -2.41. The van der Waals surface area contributed by atoms with Crippen molar-refractivity contribution in [3.8, 4) is 45.3 Å². The van der Waals surface area contributed by atoms with Gasteiger partial charge in [-0.05, 0) is 61.8 Å². The molecule has 48 heavy (non-hydrogen) atoms. The lowest BCUT2D eigenvalue weighted by Gasteiger charge is -2.32. The standard InChI is InChI=1S/C41H40BN3O3/c1-6-27-18-13-19-33(36(27)34-26-32(24-25-35(34)46)42-47-40(2,3)41(4,5)48-42)39-44-37(30-16-11-8-12-17-30)43-38(45-39)31-22-20-29(21-23-31)28-14-9-7-10-15-28/h7-26,34-35,46H,6H2,1-5H3. The fourth-order valence-corrected chi connectivity index (χ4v) is 6.38. The number of nitrogens with zero attached hydrogens (tertiary/aromatic N) is 3. The molecule has 1 aliphatic heterocycles. The fourth-order valence-electron chi connectivity index (χ4n) is 6.38. The zero-order valence-electron chi connectivity index (χ0n) is 28.1. The van der Waals surface area contributed by atoms with Crippen LogP contribution in [0.3, 0.4) is 0 Å². The van der Waals surface area contributed by atoms with Crippen molar-refractivity contribution < 1.29 is 14.4 Å². The molecule has 4 aromatic carbocycles. The number of aliphatic hydroxyl groups is 1. The predicted molar refractivity (Wildman–Crippen MR) is 193 cm³/mol. The van der Waals surface area contributed by atoms with E-state index >= 15 is 0 Å². The lowest BCUT2D eigenvalue weighted by molar-refractivity contribution is 0.00578. The van der Waals surface area contributed by atoms with Crippen LogP contribution in [0.2, 0.25) is 0 Å². The van der Waals surface area contributed by atoms with Crippen LogP contribution in [0.4, 0.5) is 0 Å². The number of allylic oxidation sites excluding steroid dienone is 2. The van der Waals surface area contributed by atoms with Crippen molar-refractivity contribution in [1.82, 2.24) is 15.0 Å². The predicted octanol–water partition coefficient (Wildman–Crippen LogP) is 8.67. The molecule has 240 valence electrons. The Morgan fingerprint density at radius 2 is 1.17 bits per heavy atom. The number of hydrogen-bond donors (Lipinski definition) is 1. The molecule has 5 aromatic rings. The fraction of sp³-hybridized carbons (Fsp3) is 0.244. The third-order valence-electron chi connectivity index (χ3n) is 9.82. The minimum atomic E-state index is -0.747. The maximum atomic E-state index is 11.5. The molecule has 2 unspecified atom stereocenters. The molecule has 7 rings (SSSR count). The maximum absolute atomic E-state index is 11.5. The maximum Gasteiger partial charge on any atom is 0.494 e. The highest BCUT2D eigenvalue weighted by molar-refractivity contribution is 6.55. The topological polar surface area (TPSA) is 77.4 Å². The van der Waals surface area contributed by atoms with Gasteiger partial charge in [-0.3, -0.25) is 0 Å². The molecule has 0 saturated carbocycles. The Hall–Kier alpha value is -4.69. The van der Waals surface area contributed by atoms with E-state index in [1.54, 1.807) is 0 Å². The summed E-state index contributed by atoms with van der Waals surface area (Å²) < 4.78 is 12.8. The van der Waals surface area contributed by atoms with Gasteiger partial charge in [0.05, 0.1) is 17.3 Å². The van der Waals surface area contributed by atoms with Crippen LogP contribution in [0, 0.1) is 0 Å². The van der Waals surface area contributed by atoms with E-state index in [9.17, 15) is 5.11 Å². The van der Waals surface area contributed by atoms with E-state index in [2.05, 4.69) is 83.2 Å². The summed E-state index contributed by atoms with van der Waals surface area (Å²) in [5.41, 5.74) is 6.98. The summed E-state index contributed by atoms with van der Waals surface area (Å²) in [5, 5.41) is 11.5. The molecule has 0 amide bonds. The Morgan fingerprint density at radius 1 is 0.646 bits per heavy atom. The third kappa shape index (κ3) is 6.05. The van der Waals surface area contributed by atoms with Gasteiger partial charge in [0.1, 0.15) is 0 Å². The van der Waals surface area contributed by atoms with Gasteiger partial charge in [0.25, 0.3) is 0 Å². The van der Waals surface area contributed by atoms with Crippen molar-refractivity contribution in [2.75, 3.05) is 0 Å². The number of aryl methyl sites for hydroxylation is 1. The summed E-state index contributed by atoms with van der Waals surface area (Å²) in [6, 6.07) is 34.9. The van der Waals surface area contributed by atoms with Gasteiger partial charge in [-0.25, -0.2) is 15.0 Å². The molecule has 0 bridgehead atoms. The molecule has 7 heteroatoms. The van der Waals surface area contributed by atoms with Gasteiger partial charge < -0.3 is 14.4 Å². The van der Waals surface area contributed by atoms with Gasteiger partial charge in [-0.2, -0.15) is 0 Å². The van der Waals surface area contributed by atoms with Crippen molar-refractivity contribution in [2.45, 2.75) is 64.3 Å². The molecule has 2 heterocycles. The Morgan fingerprint density at radius 3 is 1.77 bits per heavy atom. The second kappa shape index (κ2) is 12.7. The van der Waals surface area contributed by atoms with Gasteiger partial charge in [-0.1, -0.05) is 128 Å². The summed E-state index contributed by atoms with van der Waals surface area (Å²) in [4.78, 5) is 15.1. The number of hydrogen-bond acceptors (Lipinski definition) is 6. The van der Waals surface area contributed by atoms with E-state index in [1.165, 1.54) is 0 Å². The minimum Gasteiger partial charge on any atom is -0.399 e. The molecule has 0 radical (unpaired) electrons. The highest BCUT2D eigenvalue weighted by Crippen LogP contribution is 2.42. The van der Waals surface area contributed by atoms with Crippen molar-refractivity contribution in [3.05, 3.63) is 138 Å². The van der Waals surface area contributed by atoms with Crippen LogP contribution < -0.4 is 0 Å². The normalized spacial score (nSPS) is 19.7. The molecular weight excluding hydrogens is 593 g/mol. The van der Waals surface area contributed by atoms with Crippen molar-refractivity contribution in [3.63, 3.8) is 0 Å². The van der Waals surface area contributed by atoms with E-state index in [1.807, 2.05) is 72.8 Å². The first-order valence-electron chi connectivity index (χ1n) is 16.7. The summed E-state index contributed by atoms with van der Waals surface area (Å²) in [6.45, 7) is 10.3. The molecule has 1 aliphatic carbocycles. The highest BCUT2D eigenvalue weighted by atomic mass is 16.7. The van der Waals surface area contributed by atoms with Crippen LogP contribution in [0.1, 0.15) is 51.7 Å². The van der Waals surface area contributed by atoms with Crippen LogP contribution >= 0.6 is 0 Å². The molecule has 1 saturated heterocycles. The zero-order chi connectivity index (χ0) is 33.5. The van der Waals surface area contributed by atoms with Crippen LogP contribution in [-0.4, -0.2) is 44.5 Å². The molecule has 0 spiro atoms. The first-order chi connectivity index (χ1) is 23.1. The average Bonchev–Trinajstić information content (AvgIpc) is 3.34. The van der Waals surface area contributed by atoms with E-state index in [0.29, 0.717) is 17.5 Å². The van der Waals surface area contributed by atoms with E-state index in [0.717, 1.165) is 50.8 Å². The van der Waals surface area contributed by atoms with Gasteiger partial charge in [0.15, 0.2) is 17.5 Å². The molecule has 2 aliphatic rings. The molecule has 2 atom stereocenters. The number of rotatable bonds is 7. The molecular formula is C41H40BN3O3. The monoisotopic (exact) mass is 633 g/mol. The SMILES string of the molecule is CCc1cccc(-c2nc(-c3ccccc3)nc(-c3ccc(-c4ccccc4)cc3)n2)c1C1C=C(B2OC(C)(C)C(C)(C)O2)C=CC1O.